The van der Waals surface area contributed by atoms with E-state index in [0.29, 0.717) is 39.5 Å². The van der Waals surface area contributed by atoms with Crippen LogP contribution in [0, 0.1) is 0 Å². The predicted octanol–water partition coefficient (Wildman–Crippen LogP) is 4.92. The lowest BCUT2D eigenvalue weighted by molar-refractivity contribution is 0.0941. The van der Waals surface area contributed by atoms with E-state index in [0.717, 1.165) is 5.56 Å². The molecule has 1 atom stereocenters. The standard InChI is InChI=1S/C21H19Cl2N3O2/c1-13(12-24)25-21(27)15-5-2-4-14(8-15)19-6-3-7-20(26-19)28-18-10-16(22)9-17(23)11-18/h2-11,13H,12,24H2,1H3,(H,25,27)/t13-/m0/s1. The molecule has 28 heavy (non-hydrogen) atoms. The highest BCUT2D eigenvalue weighted by Gasteiger charge is 2.11. The van der Waals surface area contributed by atoms with E-state index in [2.05, 4.69) is 10.3 Å². The van der Waals surface area contributed by atoms with E-state index >= 15 is 0 Å². The molecule has 0 fully saturated rings. The Morgan fingerprint density at radius 2 is 1.82 bits per heavy atom. The van der Waals surface area contributed by atoms with Crippen LogP contribution in [0.2, 0.25) is 10.0 Å². The van der Waals surface area contributed by atoms with Gasteiger partial charge in [0.25, 0.3) is 5.91 Å². The number of ether oxygens (including phenoxy) is 1. The van der Waals surface area contributed by atoms with Crippen LogP contribution in [-0.4, -0.2) is 23.5 Å². The lowest BCUT2D eigenvalue weighted by Gasteiger charge is -2.12. The van der Waals surface area contributed by atoms with Crippen LogP contribution in [0.3, 0.4) is 0 Å². The highest BCUT2D eigenvalue weighted by Crippen LogP contribution is 2.29. The molecule has 0 spiro atoms. The number of benzene rings is 2. The van der Waals surface area contributed by atoms with Gasteiger partial charge in [0, 0.05) is 39.8 Å². The zero-order valence-corrected chi connectivity index (χ0v) is 16.7. The first-order chi connectivity index (χ1) is 13.4. The van der Waals surface area contributed by atoms with Gasteiger partial charge in [0.2, 0.25) is 5.88 Å². The Kier molecular flexibility index (Phi) is 6.52. The van der Waals surface area contributed by atoms with Crippen LogP contribution in [0.15, 0.2) is 60.7 Å². The molecule has 0 saturated carbocycles. The molecule has 1 aromatic heterocycles. The number of amides is 1. The molecule has 3 rings (SSSR count). The highest BCUT2D eigenvalue weighted by atomic mass is 35.5. The Morgan fingerprint density at radius 1 is 1.11 bits per heavy atom. The van der Waals surface area contributed by atoms with Crippen molar-refractivity contribution >= 4 is 29.1 Å². The van der Waals surface area contributed by atoms with Crippen molar-refractivity contribution in [3.8, 4) is 22.9 Å². The van der Waals surface area contributed by atoms with E-state index in [-0.39, 0.29) is 11.9 Å². The van der Waals surface area contributed by atoms with E-state index in [4.69, 9.17) is 33.7 Å². The van der Waals surface area contributed by atoms with Crippen LogP contribution >= 0.6 is 23.2 Å². The summed E-state index contributed by atoms with van der Waals surface area (Å²) in [6, 6.07) is 17.5. The summed E-state index contributed by atoms with van der Waals surface area (Å²) in [5.41, 5.74) is 7.56. The second kappa shape index (κ2) is 9.06. The quantitative estimate of drug-likeness (QED) is 0.598. The van der Waals surface area contributed by atoms with Crippen molar-refractivity contribution in [1.29, 1.82) is 0 Å². The molecule has 0 aliphatic rings. The van der Waals surface area contributed by atoms with Gasteiger partial charge >= 0.3 is 0 Å². The SMILES string of the molecule is C[C@@H](CN)NC(=O)c1cccc(-c2cccc(Oc3cc(Cl)cc(Cl)c3)n2)c1. The average molecular weight is 416 g/mol. The summed E-state index contributed by atoms with van der Waals surface area (Å²) in [5.74, 6) is 0.703. The van der Waals surface area contributed by atoms with Gasteiger partial charge in [0.05, 0.1) is 5.69 Å². The first-order valence-corrected chi connectivity index (χ1v) is 9.42. The molecule has 1 heterocycles. The number of carbonyl (C=O) groups excluding carboxylic acids is 1. The third-order valence-electron chi connectivity index (χ3n) is 3.93. The molecule has 1 amide bonds. The van der Waals surface area contributed by atoms with Crippen molar-refractivity contribution < 1.29 is 9.53 Å². The van der Waals surface area contributed by atoms with Gasteiger partial charge in [-0.05, 0) is 43.3 Å². The molecule has 0 unspecified atom stereocenters. The second-order valence-corrected chi connectivity index (χ2v) is 7.13. The molecular weight excluding hydrogens is 397 g/mol. The van der Waals surface area contributed by atoms with E-state index in [1.54, 1.807) is 36.4 Å². The van der Waals surface area contributed by atoms with Gasteiger partial charge in [0.1, 0.15) is 5.75 Å². The van der Waals surface area contributed by atoms with Crippen LogP contribution in [0.5, 0.6) is 11.6 Å². The molecule has 2 aromatic carbocycles. The van der Waals surface area contributed by atoms with Gasteiger partial charge in [0.15, 0.2) is 0 Å². The third-order valence-corrected chi connectivity index (χ3v) is 4.37. The summed E-state index contributed by atoms with van der Waals surface area (Å²) in [6.45, 7) is 2.23. The van der Waals surface area contributed by atoms with Crippen LogP contribution in [-0.2, 0) is 0 Å². The highest BCUT2D eigenvalue weighted by molar-refractivity contribution is 6.34. The summed E-state index contributed by atoms with van der Waals surface area (Å²) in [7, 11) is 0. The summed E-state index contributed by atoms with van der Waals surface area (Å²) >= 11 is 12.0. The van der Waals surface area contributed by atoms with Gasteiger partial charge in [-0.15, -0.1) is 0 Å². The third kappa shape index (κ3) is 5.23. The van der Waals surface area contributed by atoms with E-state index in [1.165, 1.54) is 0 Å². The van der Waals surface area contributed by atoms with Crippen LogP contribution in [0.1, 0.15) is 17.3 Å². The number of halogens is 2. The molecular formula is C21H19Cl2N3O2. The zero-order chi connectivity index (χ0) is 20.1. The maximum atomic E-state index is 12.3. The van der Waals surface area contributed by atoms with Crippen molar-refractivity contribution in [3.63, 3.8) is 0 Å². The van der Waals surface area contributed by atoms with Gasteiger partial charge in [-0.25, -0.2) is 4.98 Å². The molecule has 0 radical (unpaired) electrons. The molecule has 7 heteroatoms. The summed E-state index contributed by atoms with van der Waals surface area (Å²) < 4.78 is 5.77. The number of rotatable bonds is 6. The molecule has 0 aliphatic heterocycles. The number of nitrogens with one attached hydrogen (secondary N) is 1. The summed E-state index contributed by atoms with van der Waals surface area (Å²) in [5, 5.41) is 3.80. The van der Waals surface area contributed by atoms with Crippen molar-refractivity contribution in [2.75, 3.05) is 6.54 Å². The van der Waals surface area contributed by atoms with E-state index < -0.39 is 0 Å². The Bertz CT molecular complexity index is 975. The zero-order valence-electron chi connectivity index (χ0n) is 15.2. The number of hydrogen-bond donors (Lipinski definition) is 2. The minimum atomic E-state index is -0.180. The number of hydrogen-bond acceptors (Lipinski definition) is 4. The van der Waals surface area contributed by atoms with Crippen LogP contribution < -0.4 is 15.8 Å². The molecule has 0 aliphatic carbocycles. The monoisotopic (exact) mass is 415 g/mol. The van der Waals surface area contributed by atoms with Crippen molar-refractivity contribution in [1.82, 2.24) is 10.3 Å². The smallest absolute Gasteiger partial charge is 0.251 e. The molecule has 5 nitrogen and oxygen atoms in total. The first-order valence-electron chi connectivity index (χ1n) is 8.67. The molecule has 3 aromatic rings. The van der Waals surface area contributed by atoms with Gasteiger partial charge in [-0.1, -0.05) is 41.4 Å². The Morgan fingerprint density at radius 3 is 2.54 bits per heavy atom. The van der Waals surface area contributed by atoms with Crippen molar-refractivity contribution in [2.24, 2.45) is 5.73 Å². The minimum absolute atomic E-state index is 0.101. The molecule has 0 saturated heterocycles. The Balaban J connectivity index is 1.84. The minimum Gasteiger partial charge on any atom is -0.439 e. The summed E-state index contributed by atoms with van der Waals surface area (Å²) in [4.78, 5) is 16.8. The maximum absolute atomic E-state index is 12.3. The topological polar surface area (TPSA) is 77.2 Å². The van der Waals surface area contributed by atoms with Gasteiger partial charge in [-0.3, -0.25) is 4.79 Å². The number of carbonyl (C=O) groups is 1. The summed E-state index contributed by atoms with van der Waals surface area (Å²) in [6.07, 6.45) is 0. The number of nitrogens with two attached hydrogens (primary N) is 1. The second-order valence-electron chi connectivity index (χ2n) is 6.26. The maximum Gasteiger partial charge on any atom is 0.251 e. The van der Waals surface area contributed by atoms with E-state index in [9.17, 15) is 4.79 Å². The fraction of sp³-hybridized carbons (Fsp3) is 0.143. The lowest BCUT2D eigenvalue weighted by atomic mass is 10.1. The number of aromatic nitrogens is 1. The normalized spacial score (nSPS) is 11.7. The fourth-order valence-electron chi connectivity index (χ4n) is 2.53. The Labute approximate surface area is 173 Å². The predicted molar refractivity (Wildman–Crippen MR) is 112 cm³/mol. The van der Waals surface area contributed by atoms with Crippen LogP contribution in [0.4, 0.5) is 0 Å². The average Bonchev–Trinajstić information content (AvgIpc) is 2.67. The Hall–Kier alpha value is -2.60. The molecule has 0 bridgehead atoms. The van der Waals surface area contributed by atoms with Gasteiger partial charge < -0.3 is 15.8 Å². The van der Waals surface area contributed by atoms with Crippen molar-refractivity contribution in [3.05, 3.63) is 76.3 Å². The van der Waals surface area contributed by atoms with E-state index in [1.807, 2.05) is 31.2 Å². The van der Waals surface area contributed by atoms with Crippen LogP contribution in [0.25, 0.3) is 11.3 Å². The molecule has 144 valence electrons. The van der Waals surface area contributed by atoms with Gasteiger partial charge in [-0.2, -0.15) is 0 Å². The number of pyridine rings is 1. The van der Waals surface area contributed by atoms with Crippen molar-refractivity contribution in [2.45, 2.75) is 13.0 Å². The molecule has 3 N–H and O–H groups in total. The number of nitrogens with zero attached hydrogens (tertiary/aromatic N) is 1. The first kappa shape index (κ1) is 20.1. The fourth-order valence-corrected chi connectivity index (χ4v) is 3.03. The lowest BCUT2D eigenvalue weighted by Crippen LogP contribution is -2.37. The largest absolute Gasteiger partial charge is 0.439 e.